The minimum absolute atomic E-state index is 0.0258. The van der Waals surface area contributed by atoms with Gasteiger partial charge in [0.05, 0.1) is 9.37 Å². The van der Waals surface area contributed by atoms with Crippen LogP contribution in [0.3, 0.4) is 0 Å². The number of hydrogen-bond donors (Lipinski definition) is 0. The second kappa shape index (κ2) is 5.73. The maximum Gasteiger partial charge on any atom is 0.243 e. The van der Waals surface area contributed by atoms with Crippen LogP contribution in [-0.2, 0) is 10.0 Å². The van der Waals surface area contributed by atoms with Crippen molar-refractivity contribution in [1.29, 1.82) is 0 Å². The van der Waals surface area contributed by atoms with Crippen molar-refractivity contribution in [2.45, 2.75) is 38.0 Å². The zero-order chi connectivity index (χ0) is 15.0. The van der Waals surface area contributed by atoms with Crippen LogP contribution < -0.4 is 0 Å². The maximum absolute atomic E-state index is 13.6. The molecule has 1 heterocycles. The second-order valence-corrected chi connectivity index (χ2v) is 8.79. The number of sulfonamides is 1. The van der Waals surface area contributed by atoms with Gasteiger partial charge in [0.15, 0.2) is 0 Å². The van der Waals surface area contributed by atoms with Crippen molar-refractivity contribution in [3.05, 3.63) is 28.5 Å². The van der Waals surface area contributed by atoms with E-state index in [9.17, 15) is 12.8 Å². The SMILES string of the molecule is CC1(C)CCCN(S(=O)(=O)c2ccc(Br)c(F)c2)CC1. The van der Waals surface area contributed by atoms with Gasteiger partial charge in [-0.1, -0.05) is 13.8 Å². The summed E-state index contributed by atoms with van der Waals surface area (Å²) in [6.07, 6.45) is 2.67. The van der Waals surface area contributed by atoms with Crippen LogP contribution in [0.15, 0.2) is 27.6 Å². The van der Waals surface area contributed by atoms with Crippen molar-refractivity contribution >= 4 is 26.0 Å². The summed E-state index contributed by atoms with van der Waals surface area (Å²) >= 11 is 3.04. The smallest absolute Gasteiger partial charge is 0.207 e. The van der Waals surface area contributed by atoms with Crippen molar-refractivity contribution in [2.24, 2.45) is 5.41 Å². The molecule has 0 saturated carbocycles. The molecule has 0 radical (unpaired) electrons. The van der Waals surface area contributed by atoms with E-state index in [2.05, 4.69) is 29.8 Å². The van der Waals surface area contributed by atoms with E-state index in [1.807, 2.05) is 0 Å². The van der Waals surface area contributed by atoms with Gasteiger partial charge < -0.3 is 0 Å². The van der Waals surface area contributed by atoms with Crippen molar-refractivity contribution < 1.29 is 12.8 Å². The molecule has 1 aliphatic heterocycles. The molecule has 1 saturated heterocycles. The van der Waals surface area contributed by atoms with Gasteiger partial charge in [0.1, 0.15) is 5.82 Å². The molecule has 1 aliphatic rings. The molecule has 0 spiro atoms. The third kappa shape index (κ3) is 3.40. The summed E-state index contributed by atoms with van der Waals surface area (Å²) in [4.78, 5) is 0.0258. The van der Waals surface area contributed by atoms with Crippen LogP contribution in [0.4, 0.5) is 4.39 Å². The van der Waals surface area contributed by atoms with Gasteiger partial charge in [0.2, 0.25) is 10.0 Å². The van der Waals surface area contributed by atoms with Crippen molar-refractivity contribution in [3.8, 4) is 0 Å². The van der Waals surface area contributed by atoms with E-state index in [4.69, 9.17) is 0 Å². The Morgan fingerprint density at radius 2 is 1.95 bits per heavy atom. The van der Waals surface area contributed by atoms with Gasteiger partial charge in [-0.25, -0.2) is 12.8 Å². The van der Waals surface area contributed by atoms with E-state index in [1.54, 1.807) is 0 Å². The molecule has 0 amide bonds. The van der Waals surface area contributed by atoms with Crippen LogP contribution in [0.25, 0.3) is 0 Å². The molecular formula is C14H19BrFNO2S. The lowest BCUT2D eigenvalue weighted by Crippen LogP contribution is -2.32. The zero-order valence-electron chi connectivity index (χ0n) is 11.7. The summed E-state index contributed by atoms with van der Waals surface area (Å²) in [6.45, 7) is 5.31. The number of rotatable bonds is 2. The predicted molar refractivity (Wildman–Crippen MR) is 80.5 cm³/mol. The number of nitrogens with zero attached hydrogens (tertiary/aromatic N) is 1. The normalized spacial score (nSPS) is 20.6. The first-order valence-corrected chi connectivity index (χ1v) is 8.91. The van der Waals surface area contributed by atoms with Gasteiger partial charge in [-0.2, -0.15) is 4.31 Å². The van der Waals surface area contributed by atoms with Gasteiger partial charge in [-0.15, -0.1) is 0 Å². The van der Waals surface area contributed by atoms with Gasteiger partial charge in [0, 0.05) is 13.1 Å². The van der Waals surface area contributed by atoms with Crippen LogP contribution in [0.5, 0.6) is 0 Å². The maximum atomic E-state index is 13.6. The van der Waals surface area contributed by atoms with E-state index in [1.165, 1.54) is 16.4 Å². The molecule has 3 nitrogen and oxygen atoms in total. The highest BCUT2D eigenvalue weighted by atomic mass is 79.9. The van der Waals surface area contributed by atoms with E-state index in [0.29, 0.717) is 13.1 Å². The quantitative estimate of drug-likeness (QED) is 0.801. The summed E-state index contributed by atoms with van der Waals surface area (Å²) in [5.74, 6) is -0.554. The molecule has 1 aromatic carbocycles. The molecule has 0 atom stereocenters. The first kappa shape index (κ1) is 15.9. The van der Waals surface area contributed by atoms with Gasteiger partial charge >= 0.3 is 0 Å². The second-order valence-electron chi connectivity index (χ2n) is 6.00. The van der Waals surface area contributed by atoms with E-state index in [0.717, 1.165) is 25.3 Å². The lowest BCUT2D eigenvalue weighted by molar-refractivity contribution is 0.315. The van der Waals surface area contributed by atoms with Crippen LogP contribution in [0, 0.1) is 11.2 Å². The zero-order valence-corrected chi connectivity index (χ0v) is 14.1. The highest BCUT2D eigenvalue weighted by molar-refractivity contribution is 9.10. The number of benzene rings is 1. The van der Waals surface area contributed by atoms with Gasteiger partial charge in [0.25, 0.3) is 0 Å². The topological polar surface area (TPSA) is 37.4 Å². The molecule has 0 bridgehead atoms. The lowest BCUT2D eigenvalue weighted by Gasteiger charge is -2.23. The summed E-state index contributed by atoms with van der Waals surface area (Å²) < 4.78 is 40.4. The van der Waals surface area contributed by atoms with Gasteiger partial charge in [-0.3, -0.25) is 0 Å². The Bertz CT molecular complexity index is 601. The minimum atomic E-state index is -3.60. The summed E-state index contributed by atoms with van der Waals surface area (Å²) in [5.41, 5.74) is 0.162. The fourth-order valence-electron chi connectivity index (χ4n) is 2.42. The highest BCUT2D eigenvalue weighted by Gasteiger charge is 2.30. The Morgan fingerprint density at radius 3 is 2.60 bits per heavy atom. The summed E-state index contributed by atoms with van der Waals surface area (Å²) in [5, 5.41) is 0. The minimum Gasteiger partial charge on any atom is -0.207 e. The third-order valence-corrected chi connectivity index (χ3v) is 6.37. The largest absolute Gasteiger partial charge is 0.243 e. The molecule has 0 aromatic heterocycles. The molecule has 0 unspecified atom stereocenters. The van der Waals surface area contributed by atoms with Crippen LogP contribution in [0.2, 0.25) is 0 Å². The highest BCUT2D eigenvalue weighted by Crippen LogP contribution is 2.32. The third-order valence-electron chi connectivity index (χ3n) is 3.83. The average Bonchev–Trinajstić information content (AvgIpc) is 2.54. The molecule has 2 rings (SSSR count). The fourth-order valence-corrected chi connectivity index (χ4v) is 4.16. The molecule has 112 valence electrons. The van der Waals surface area contributed by atoms with Gasteiger partial charge in [-0.05, 0) is 58.8 Å². The molecule has 1 fully saturated rings. The fraction of sp³-hybridized carbons (Fsp3) is 0.571. The molecule has 6 heteroatoms. The van der Waals surface area contributed by atoms with E-state index >= 15 is 0 Å². The van der Waals surface area contributed by atoms with Crippen LogP contribution >= 0.6 is 15.9 Å². The molecule has 0 N–H and O–H groups in total. The Labute approximate surface area is 128 Å². The van der Waals surface area contributed by atoms with Crippen molar-refractivity contribution in [3.63, 3.8) is 0 Å². The average molecular weight is 364 g/mol. The van der Waals surface area contributed by atoms with Crippen LogP contribution in [0.1, 0.15) is 33.1 Å². The Kier molecular flexibility index (Phi) is 4.56. The summed E-state index contributed by atoms with van der Waals surface area (Å²) in [7, 11) is -3.60. The lowest BCUT2D eigenvalue weighted by atomic mass is 9.85. The molecule has 20 heavy (non-hydrogen) atoms. The number of halogens is 2. The first-order chi connectivity index (χ1) is 9.22. The Balaban J connectivity index is 2.28. The van der Waals surface area contributed by atoms with E-state index in [-0.39, 0.29) is 14.8 Å². The Hall–Kier alpha value is -0.460. The first-order valence-electron chi connectivity index (χ1n) is 6.68. The van der Waals surface area contributed by atoms with Crippen LogP contribution in [-0.4, -0.2) is 25.8 Å². The van der Waals surface area contributed by atoms with E-state index < -0.39 is 15.8 Å². The molecule has 1 aromatic rings. The summed E-state index contributed by atoms with van der Waals surface area (Å²) in [6, 6.07) is 3.96. The standard InChI is InChI=1S/C14H19BrFNO2S/c1-14(2)6-3-8-17(9-7-14)20(18,19)11-4-5-12(15)13(16)10-11/h4-5,10H,3,6-9H2,1-2H3. The molecule has 0 aliphatic carbocycles. The molecular weight excluding hydrogens is 345 g/mol. The predicted octanol–water partition coefficient (Wildman–Crippen LogP) is 3.79. The van der Waals surface area contributed by atoms with Crippen molar-refractivity contribution in [2.75, 3.05) is 13.1 Å². The monoisotopic (exact) mass is 363 g/mol. The van der Waals surface area contributed by atoms with Crippen molar-refractivity contribution in [1.82, 2.24) is 4.31 Å². The Morgan fingerprint density at radius 1 is 1.25 bits per heavy atom. The number of hydrogen-bond acceptors (Lipinski definition) is 2.